The summed E-state index contributed by atoms with van der Waals surface area (Å²) in [6, 6.07) is 0. The minimum Gasteiger partial charge on any atom is -0.467 e. The van der Waals surface area contributed by atoms with Crippen LogP contribution in [0.5, 0.6) is 0 Å². The molecule has 0 aromatic heterocycles. The molecule has 2 aromatic carbocycles. The van der Waals surface area contributed by atoms with Crippen molar-refractivity contribution in [3.63, 3.8) is 0 Å². The van der Waals surface area contributed by atoms with Crippen molar-refractivity contribution in [2.45, 2.75) is 88.2 Å². The van der Waals surface area contributed by atoms with Crippen molar-refractivity contribution in [1.29, 1.82) is 0 Å². The number of carbonyl (C=O) groups excluding carboxylic acids is 1. The summed E-state index contributed by atoms with van der Waals surface area (Å²) in [5.41, 5.74) is 14.7. The Morgan fingerprint density at radius 1 is 0.800 bits per heavy atom. The van der Waals surface area contributed by atoms with Gasteiger partial charge in [0.15, 0.2) is 6.10 Å². The van der Waals surface area contributed by atoms with E-state index in [0.717, 1.165) is 12.8 Å². The molecule has 4 heteroatoms. The molecule has 0 saturated carbocycles. The largest absolute Gasteiger partial charge is 0.467 e. The van der Waals surface area contributed by atoms with Gasteiger partial charge >= 0.3 is 5.97 Å². The van der Waals surface area contributed by atoms with Crippen LogP contribution < -0.4 is 0 Å². The predicted octanol–water partition coefficient (Wildman–Crippen LogP) is 6.23. The summed E-state index contributed by atoms with van der Waals surface area (Å²) in [4.78, 5) is 10.7. The SMILES string of the molecule is COC(=O)C1CCCO1.Cc1c(C)c(C)[c-](C)c1C.Cc1c(C)c(C)[c-](C)c1C.[Sm]. The third kappa shape index (κ3) is 6.99. The summed E-state index contributed by atoms with van der Waals surface area (Å²) in [6.45, 7) is 22.7. The minimum absolute atomic E-state index is 0. The van der Waals surface area contributed by atoms with Crippen LogP contribution in [0.15, 0.2) is 0 Å². The molecule has 0 bridgehead atoms. The van der Waals surface area contributed by atoms with Gasteiger partial charge in [-0.3, -0.25) is 0 Å². The van der Waals surface area contributed by atoms with E-state index in [4.69, 9.17) is 4.74 Å². The molecule has 0 aliphatic carbocycles. The zero-order valence-electron chi connectivity index (χ0n) is 20.8. The Morgan fingerprint density at radius 2 is 1.13 bits per heavy atom. The molecule has 2 aromatic rings. The maximum absolute atomic E-state index is 10.7. The standard InChI is InChI=1S/2C10H15.C6H10O3.Sm/c2*1-6-7(2)9(4)10(5)8(6)3;1-8-6(7)5-3-2-4-9-5;/h2*1-5H3;5H,2-4H2,1H3;/q2*-1;;. The van der Waals surface area contributed by atoms with Crippen LogP contribution in [0.4, 0.5) is 0 Å². The Bertz CT molecular complexity index is 617. The van der Waals surface area contributed by atoms with E-state index in [1.807, 2.05) is 0 Å². The van der Waals surface area contributed by atoms with E-state index in [2.05, 4.69) is 74.0 Å². The summed E-state index contributed by atoms with van der Waals surface area (Å²) in [6.07, 6.45) is 1.50. The van der Waals surface area contributed by atoms with Gasteiger partial charge in [-0.1, -0.05) is 69.2 Å². The molecule has 3 rings (SSSR count). The van der Waals surface area contributed by atoms with Crippen molar-refractivity contribution in [2.75, 3.05) is 13.7 Å². The molecular weight excluding hydrogens is 511 g/mol. The van der Waals surface area contributed by atoms with E-state index >= 15 is 0 Å². The van der Waals surface area contributed by atoms with E-state index in [9.17, 15) is 4.79 Å². The second-order valence-electron chi connectivity index (χ2n) is 8.27. The molecule has 30 heavy (non-hydrogen) atoms. The number of esters is 1. The quantitative estimate of drug-likeness (QED) is 0.312. The molecule has 1 saturated heterocycles. The van der Waals surface area contributed by atoms with E-state index < -0.39 is 0 Å². The van der Waals surface area contributed by atoms with Crippen LogP contribution >= 0.6 is 0 Å². The van der Waals surface area contributed by atoms with Gasteiger partial charge in [0.2, 0.25) is 0 Å². The van der Waals surface area contributed by atoms with Crippen LogP contribution in [-0.4, -0.2) is 25.8 Å². The Morgan fingerprint density at radius 3 is 1.30 bits per heavy atom. The average Bonchev–Trinajstić information content (AvgIpc) is 3.37. The van der Waals surface area contributed by atoms with Gasteiger partial charge in [-0.15, -0.1) is 0 Å². The van der Waals surface area contributed by atoms with Gasteiger partial charge in [0.05, 0.1) is 7.11 Å². The van der Waals surface area contributed by atoms with Crippen LogP contribution in [0.25, 0.3) is 0 Å². The van der Waals surface area contributed by atoms with Crippen LogP contribution in [0.2, 0.25) is 0 Å². The number of carbonyl (C=O) groups is 1. The molecule has 0 N–H and O–H groups in total. The summed E-state index contributed by atoms with van der Waals surface area (Å²) < 4.78 is 9.50. The first-order valence-electron chi connectivity index (χ1n) is 10.5. The topological polar surface area (TPSA) is 35.5 Å². The van der Waals surface area contributed by atoms with Crippen molar-refractivity contribution in [3.05, 3.63) is 55.6 Å². The Hall–Kier alpha value is -0.532. The van der Waals surface area contributed by atoms with E-state index in [0.29, 0.717) is 6.61 Å². The third-order valence-corrected chi connectivity index (χ3v) is 7.02. The molecule has 1 heterocycles. The average molecular weight is 551 g/mol. The molecule has 0 amide bonds. The fraction of sp³-hybridized carbons (Fsp3) is 0.577. The monoisotopic (exact) mass is 552 g/mol. The molecule has 1 unspecified atom stereocenters. The Kier molecular flexibility index (Phi) is 12.9. The van der Waals surface area contributed by atoms with Gasteiger partial charge in [-0.2, -0.15) is 55.6 Å². The van der Waals surface area contributed by atoms with E-state index in [1.165, 1.54) is 62.7 Å². The van der Waals surface area contributed by atoms with Crippen LogP contribution in [0.1, 0.15) is 68.5 Å². The number of methoxy groups -OCH3 is 1. The van der Waals surface area contributed by atoms with Gasteiger partial charge < -0.3 is 9.47 Å². The van der Waals surface area contributed by atoms with E-state index in [-0.39, 0.29) is 52.5 Å². The maximum Gasteiger partial charge on any atom is 0.334 e. The zero-order valence-corrected chi connectivity index (χ0v) is 23.5. The van der Waals surface area contributed by atoms with Crippen LogP contribution in [0, 0.1) is 110 Å². The van der Waals surface area contributed by atoms with Gasteiger partial charge in [0.1, 0.15) is 0 Å². The van der Waals surface area contributed by atoms with Gasteiger partial charge in [0.25, 0.3) is 0 Å². The first kappa shape index (κ1) is 29.5. The molecule has 0 radical (unpaired) electrons. The summed E-state index contributed by atoms with van der Waals surface area (Å²) >= 11 is 0. The molecule has 170 valence electrons. The third-order valence-electron chi connectivity index (χ3n) is 7.02. The van der Waals surface area contributed by atoms with Crippen molar-refractivity contribution in [1.82, 2.24) is 0 Å². The normalized spacial score (nSPS) is 14.8. The van der Waals surface area contributed by atoms with Gasteiger partial charge in [-0.25, -0.2) is 4.79 Å². The summed E-state index contributed by atoms with van der Waals surface area (Å²) in [5, 5.41) is 0. The smallest absolute Gasteiger partial charge is 0.334 e. The maximum atomic E-state index is 10.7. The molecule has 3 nitrogen and oxygen atoms in total. The molecular formula is C26H40O3Sm-2. The minimum atomic E-state index is -0.282. The molecule has 1 fully saturated rings. The van der Waals surface area contributed by atoms with Gasteiger partial charge in [0, 0.05) is 47.0 Å². The van der Waals surface area contributed by atoms with Crippen LogP contribution in [0.3, 0.4) is 0 Å². The summed E-state index contributed by atoms with van der Waals surface area (Å²) in [5.74, 6) is -0.243. The van der Waals surface area contributed by atoms with Crippen molar-refractivity contribution in [2.24, 2.45) is 0 Å². The first-order chi connectivity index (χ1) is 13.4. The second-order valence-corrected chi connectivity index (χ2v) is 8.27. The summed E-state index contributed by atoms with van der Waals surface area (Å²) in [7, 11) is 1.38. The fourth-order valence-electron chi connectivity index (χ4n) is 3.71. The van der Waals surface area contributed by atoms with Gasteiger partial charge in [-0.05, 0) is 12.8 Å². The number of hydrogen-bond donors (Lipinski definition) is 0. The number of hydrogen-bond acceptors (Lipinski definition) is 3. The fourth-order valence-corrected chi connectivity index (χ4v) is 3.71. The Labute approximate surface area is 216 Å². The molecule has 1 aliphatic heterocycles. The zero-order chi connectivity index (χ0) is 22.5. The number of rotatable bonds is 1. The first-order valence-corrected chi connectivity index (χ1v) is 10.5. The molecule has 0 spiro atoms. The molecule has 1 atom stereocenters. The van der Waals surface area contributed by atoms with Crippen molar-refractivity contribution >= 4 is 5.97 Å². The van der Waals surface area contributed by atoms with Crippen molar-refractivity contribution in [3.8, 4) is 0 Å². The van der Waals surface area contributed by atoms with Crippen molar-refractivity contribution < 1.29 is 54.7 Å². The van der Waals surface area contributed by atoms with E-state index in [1.54, 1.807) is 0 Å². The van der Waals surface area contributed by atoms with Crippen LogP contribution in [-0.2, 0) is 14.3 Å². The second kappa shape index (κ2) is 13.1. The Balaban J connectivity index is 0.000000414. The predicted molar refractivity (Wildman–Crippen MR) is 122 cm³/mol. The molecule has 1 aliphatic rings. The number of ether oxygens (including phenoxy) is 2.